The molecule has 2 aromatic rings. The van der Waals surface area contributed by atoms with Crippen molar-refractivity contribution in [3.8, 4) is 5.75 Å². The molecule has 0 radical (unpaired) electrons. The molecule has 3 nitrogen and oxygen atoms in total. The number of ether oxygens (including phenoxy) is 1. The van der Waals surface area contributed by atoms with E-state index in [0.29, 0.717) is 0 Å². The standard InChI is InChI=1S/C16H16O3/c1-12(14-5-3-2-4-6-14)19-15-9-7-13(8-10-15)11-16(17)18/h2-10,12H,11H2,1H3,(H,17,18)/t12-/m0/s1. The largest absolute Gasteiger partial charge is 0.486 e. The highest BCUT2D eigenvalue weighted by Gasteiger charge is 2.07. The van der Waals surface area contributed by atoms with Gasteiger partial charge in [0.05, 0.1) is 6.42 Å². The zero-order valence-corrected chi connectivity index (χ0v) is 10.7. The number of hydrogen-bond donors (Lipinski definition) is 1. The lowest BCUT2D eigenvalue weighted by atomic mass is 10.1. The molecule has 98 valence electrons. The number of carboxylic acids is 1. The number of rotatable bonds is 5. The third-order valence-electron chi connectivity index (χ3n) is 2.86. The van der Waals surface area contributed by atoms with Crippen molar-refractivity contribution in [3.05, 3.63) is 65.7 Å². The van der Waals surface area contributed by atoms with E-state index in [0.717, 1.165) is 16.9 Å². The Morgan fingerprint density at radius 3 is 2.32 bits per heavy atom. The summed E-state index contributed by atoms with van der Waals surface area (Å²) in [6.45, 7) is 1.99. The molecular weight excluding hydrogens is 240 g/mol. The predicted octanol–water partition coefficient (Wildman–Crippen LogP) is 3.45. The van der Waals surface area contributed by atoms with Crippen LogP contribution in [0.15, 0.2) is 54.6 Å². The highest BCUT2D eigenvalue weighted by molar-refractivity contribution is 5.70. The molecule has 0 fully saturated rings. The molecule has 0 aromatic heterocycles. The van der Waals surface area contributed by atoms with Crippen molar-refractivity contribution < 1.29 is 14.6 Å². The molecule has 3 heteroatoms. The van der Waals surface area contributed by atoms with E-state index < -0.39 is 5.97 Å². The Kier molecular flexibility index (Phi) is 4.18. The van der Waals surface area contributed by atoms with Gasteiger partial charge in [-0.3, -0.25) is 4.79 Å². The van der Waals surface area contributed by atoms with Crippen molar-refractivity contribution in [1.82, 2.24) is 0 Å². The molecule has 0 heterocycles. The summed E-state index contributed by atoms with van der Waals surface area (Å²) in [4.78, 5) is 10.6. The summed E-state index contributed by atoms with van der Waals surface area (Å²) in [5.41, 5.74) is 1.88. The number of benzene rings is 2. The van der Waals surface area contributed by atoms with E-state index in [1.165, 1.54) is 0 Å². The summed E-state index contributed by atoms with van der Waals surface area (Å²) >= 11 is 0. The van der Waals surface area contributed by atoms with E-state index in [2.05, 4.69) is 0 Å². The molecule has 0 unspecified atom stereocenters. The fourth-order valence-electron chi connectivity index (χ4n) is 1.86. The second kappa shape index (κ2) is 6.05. The first-order valence-electron chi connectivity index (χ1n) is 6.17. The van der Waals surface area contributed by atoms with Crippen molar-refractivity contribution >= 4 is 5.97 Å². The minimum atomic E-state index is -0.827. The first-order valence-corrected chi connectivity index (χ1v) is 6.17. The van der Waals surface area contributed by atoms with Crippen molar-refractivity contribution in [3.63, 3.8) is 0 Å². The topological polar surface area (TPSA) is 46.5 Å². The Labute approximate surface area is 112 Å². The lowest BCUT2D eigenvalue weighted by Gasteiger charge is -2.15. The normalized spacial score (nSPS) is 11.8. The van der Waals surface area contributed by atoms with Gasteiger partial charge in [-0.2, -0.15) is 0 Å². The second-order valence-corrected chi connectivity index (χ2v) is 4.39. The second-order valence-electron chi connectivity index (χ2n) is 4.39. The molecule has 0 aliphatic carbocycles. The maximum absolute atomic E-state index is 10.6. The maximum Gasteiger partial charge on any atom is 0.307 e. The highest BCUT2D eigenvalue weighted by atomic mass is 16.5. The van der Waals surface area contributed by atoms with Gasteiger partial charge >= 0.3 is 5.97 Å². The van der Waals surface area contributed by atoms with Crippen LogP contribution in [-0.2, 0) is 11.2 Å². The van der Waals surface area contributed by atoms with Gasteiger partial charge in [0.25, 0.3) is 0 Å². The van der Waals surface area contributed by atoms with Gasteiger partial charge < -0.3 is 9.84 Å². The van der Waals surface area contributed by atoms with Gasteiger partial charge in [0.1, 0.15) is 11.9 Å². The van der Waals surface area contributed by atoms with Crippen molar-refractivity contribution in [1.29, 1.82) is 0 Å². The van der Waals surface area contributed by atoms with Crippen LogP contribution in [0, 0.1) is 0 Å². The van der Waals surface area contributed by atoms with E-state index in [1.807, 2.05) is 37.3 Å². The smallest absolute Gasteiger partial charge is 0.307 e. The van der Waals surface area contributed by atoms with E-state index in [1.54, 1.807) is 24.3 Å². The monoisotopic (exact) mass is 256 g/mol. The van der Waals surface area contributed by atoms with E-state index in [-0.39, 0.29) is 12.5 Å². The predicted molar refractivity (Wildman–Crippen MR) is 73.3 cm³/mol. The van der Waals surface area contributed by atoms with Crippen molar-refractivity contribution in [2.45, 2.75) is 19.4 Å². The molecule has 0 bridgehead atoms. The van der Waals surface area contributed by atoms with Gasteiger partial charge in [0.2, 0.25) is 0 Å². The van der Waals surface area contributed by atoms with Crippen LogP contribution in [0.5, 0.6) is 5.75 Å². The summed E-state index contributed by atoms with van der Waals surface area (Å²) in [5, 5.41) is 8.70. The molecule has 1 atom stereocenters. The minimum Gasteiger partial charge on any atom is -0.486 e. The van der Waals surface area contributed by atoms with Gasteiger partial charge in [0.15, 0.2) is 0 Å². The summed E-state index contributed by atoms with van der Waals surface area (Å²) in [6.07, 6.45) is 0.000603. The summed E-state index contributed by atoms with van der Waals surface area (Å²) in [7, 11) is 0. The molecule has 19 heavy (non-hydrogen) atoms. The maximum atomic E-state index is 10.6. The Morgan fingerprint density at radius 1 is 1.11 bits per heavy atom. The fraction of sp³-hybridized carbons (Fsp3) is 0.188. The molecule has 0 saturated heterocycles. The van der Waals surface area contributed by atoms with Crippen molar-refractivity contribution in [2.24, 2.45) is 0 Å². The SMILES string of the molecule is C[C@H](Oc1ccc(CC(=O)O)cc1)c1ccccc1. The van der Waals surface area contributed by atoms with E-state index in [9.17, 15) is 4.79 Å². The van der Waals surface area contributed by atoms with Crippen LogP contribution in [0.1, 0.15) is 24.2 Å². The first-order chi connectivity index (χ1) is 9.15. The Hall–Kier alpha value is -2.29. The fourth-order valence-corrected chi connectivity index (χ4v) is 1.86. The molecular formula is C16H16O3. The molecule has 2 aromatic carbocycles. The molecule has 2 rings (SSSR count). The van der Waals surface area contributed by atoms with Crippen LogP contribution < -0.4 is 4.74 Å². The molecule has 0 aliphatic rings. The minimum absolute atomic E-state index is 0.0356. The Balaban J connectivity index is 2.01. The summed E-state index contributed by atoms with van der Waals surface area (Å²) in [5.74, 6) is -0.0863. The molecule has 0 saturated carbocycles. The van der Waals surface area contributed by atoms with E-state index in [4.69, 9.17) is 9.84 Å². The quantitative estimate of drug-likeness (QED) is 0.891. The Bertz CT molecular complexity index is 532. The summed E-state index contributed by atoms with van der Waals surface area (Å²) in [6, 6.07) is 17.1. The molecule has 0 amide bonds. The molecule has 1 N–H and O–H groups in total. The average molecular weight is 256 g/mol. The van der Waals surface area contributed by atoms with E-state index >= 15 is 0 Å². The number of carboxylic acid groups (broad SMARTS) is 1. The van der Waals surface area contributed by atoms with Gasteiger partial charge in [-0.15, -0.1) is 0 Å². The average Bonchev–Trinajstić information content (AvgIpc) is 2.41. The third kappa shape index (κ3) is 3.85. The lowest BCUT2D eigenvalue weighted by Crippen LogP contribution is -2.03. The zero-order chi connectivity index (χ0) is 13.7. The van der Waals surface area contributed by atoms with Crippen LogP contribution in [0.2, 0.25) is 0 Å². The van der Waals surface area contributed by atoms with Gasteiger partial charge in [-0.1, -0.05) is 42.5 Å². The summed E-state index contributed by atoms with van der Waals surface area (Å²) < 4.78 is 5.81. The number of aliphatic carboxylic acids is 1. The van der Waals surface area contributed by atoms with Crippen molar-refractivity contribution in [2.75, 3.05) is 0 Å². The van der Waals surface area contributed by atoms with Gasteiger partial charge in [-0.05, 0) is 30.2 Å². The molecule has 0 aliphatic heterocycles. The van der Waals surface area contributed by atoms with Crippen LogP contribution in [-0.4, -0.2) is 11.1 Å². The number of hydrogen-bond acceptors (Lipinski definition) is 2. The van der Waals surface area contributed by atoms with Crippen LogP contribution in [0.4, 0.5) is 0 Å². The Morgan fingerprint density at radius 2 is 1.74 bits per heavy atom. The van der Waals surface area contributed by atoms with Crippen LogP contribution in [0.3, 0.4) is 0 Å². The van der Waals surface area contributed by atoms with Crippen LogP contribution >= 0.6 is 0 Å². The van der Waals surface area contributed by atoms with Crippen LogP contribution in [0.25, 0.3) is 0 Å². The first kappa shape index (κ1) is 13.1. The zero-order valence-electron chi connectivity index (χ0n) is 10.7. The van der Waals surface area contributed by atoms with Gasteiger partial charge in [0, 0.05) is 0 Å². The molecule has 0 spiro atoms. The lowest BCUT2D eigenvalue weighted by molar-refractivity contribution is -0.136. The third-order valence-corrected chi connectivity index (χ3v) is 2.86. The highest BCUT2D eigenvalue weighted by Crippen LogP contribution is 2.21. The van der Waals surface area contributed by atoms with Gasteiger partial charge in [-0.25, -0.2) is 0 Å². The number of carbonyl (C=O) groups is 1.